The van der Waals surface area contributed by atoms with E-state index in [1.54, 1.807) is 12.1 Å². The Morgan fingerprint density at radius 2 is 2.12 bits per heavy atom. The number of hydrogen-bond acceptors (Lipinski definition) is 3. The summed E-state index contributed by atoms with van der Waals surface area (Å²) >= 11 is 0. The third-order valence-corrected chi connectivity index (χ3v) is 4.35. The molecule has 0 saturated carbocycles. The van der Waals surface area contributed by atoms with Crippen molar-refractivity contribution >= 4 is 19.7 Å². The first-order chi connectivity index (χ1) is 7.50. The summed E-state index contributed by atoms with van der Waals surface area (Å²) in [5, 5.41) is 0. The summed E-state index contributed by atoms with van der Waals surface area (Å²) in [6.45, 7) is 5.03. The quantitative estimate of drug-likeness (QED) is 0.763. The molecule has 0 fully saturated rings. The summed E-state index contributed by atoms with van der Waals surface area (Å²) in [7, 11) is 1.72. The van der Waals surface area contributed by atoms with Gasteiger partial charge in [0, 0.05) is 23.8 Å². The molecule has 0 aromatic heterocycles. The van der Waals surface area contributed by atoms with Crippen LogP contribution in [0.25, 0.3) is 0 Å². The topological polar surface area (TPSA) is 37.4 Å². The highest BCUT2D eigenvalue weighted by Crippen LogP contribution is 2.23. The zero-order valence-corrected chi connectivity index (χ0v) is 10.7. The van der Waals surface area contributed by atoms with Gasteiger partial charge in [-0.15, -0.1) is 0 Å². The zero-order valence-electron chi connectivity index (χ0n) is 9.11. The van der Waals surface area contributed by atoms with Crippen LogP contribution in [0.1, 0.15) is 18.1 Å². The monoisotopic (exact) mass is 259 g/mol. The van der Waals surface area contributed by atoms with E-state index in [9.17, 15) is 8.42 Å². The van der Waals surface area contributed by atoms with E-state index < -0.39 is 9.05 Å². The second kappa shape index (κ2) is 4.35. The first-order valence-corrected chi connectivity index (χ1v) is 7.60. The standard InChI is InChI=1S/C11H14ClNO2S/c1-2-13-6-5-9-7-11(16(12,14)15)4-3-10(9)8-13/h3-4,7H,2,5-6,8H2,1H3. The van der Waals surface area contributed by atoms with Gasteiger partial charge in [0.25, 0.3) is 9.05 Å². The Labute approximate surface area is 100 Å². The van der Waals surface area contributed by atoms with Crippen LogP contribution in [0.3, 0.4) is 0 Å². The van der Waals surface area contributed by atoms with E-state index >= 15 is 0 Å². The predicted molar refractivity (Wildman–Crippen MR) is 64.1 cm³/mol. The average molecular weight is 260 g/mol. The fraction of sp³-hybridized carbons (Fsp3) is 0.455. The van der Waals surface area contributed by atoms with Gasteiger partial charge in [0.15, 0.2) is 0 Å². The predicted octanol–water partition coefficient (Wildman–Crippen LogP) is 1.99. The fourth-order valence-electron chi connectivity index (χ4n) is 2.01. The van der Waals surface area contributed by atoms with Gasteiger partial charge in [-0.25, -0.2) is 8.42 Å². The van der Waals surface area contributed by atoms with E-state index in [0.29, 0.717) is 0 Å². The molecule has 1 aromatic rings. The fourth-order valence-corrected chi connectivity index (χ4v) is 2.81. The Bertz CT molecular complexity index is 499. The number of likely N-dealkylation sites (N-methyl/N-ethyl adjacent to an activating group) is 1. The van der Waals surface area contributed by atoms with Crippen LogP contribution >= 0.6 is 10.7 Å². The maximum Gasteiger partial charge on any atom is 0.261 e. The van der Waals surface area contributed by atoms with Crippen molar-refractivity contribution in [1.29, 1.82) is 0 Å². The van der Waals surface area contributed by atoms with Gasteiger partial charge >= 0.3 is 0 Å². The van der Waals surface area contributed by atoms with Crippen LogP contribution in [0.5, 0.6) is 0 Å². The molecule has 1 heterocycles. The van der Waals surface area contributed by atoms with Gasteiger partial charge in [-0.3, -0.25) is 4.90 Å². The summed E-state index contributed by atoms with van der Waals surface area (Å²) in [6, 6.07) is 5.15. The Morgan fingerprint density at radius 3 is 2.75 bits per heavy atom. The van der Waals surface area contributed by atoms with Crippen LogP contribution in [0.15, 0.2) is 23.1 Å². The van der Waals surface area contributed by atoms with Crippen LogP contribution in [-0.2, 0) is 22.0 Å². The van der Waals surface area contributed by atoms with Crippen LogP contribution in [-0.4, -0.2) is 26.4 Å². The summed E-state index contributed by atoms with van der Waals surface area (Å²) in [5.41, 5.74) is 2.31. The molecule has 0 N–H and O–H groups in total. The highest BCUT2D eigenvalue weighted by molar-refractivity contribution is 8.13. The third-order valence-electron chi connectivity index (χ3n) is 3.00. The highest BCUT2D eigenvalue weighted by Gasteiger charge is 2.18. The van der Waals surface area contributed by atoms with Crippen molar-refractivity contribution in [2.24, 2.45) is 0 Å². The molecule has 1 aliphatic rings. The molecular formula is C11H14ClNO2S. The lowest BCUT2D eigenvalue weighted by Gasteiger charge is -2.27. The van der Waals surface area contributed by atoms with Gasteiger partial charge in [0.05, 0.1) is 4.90 Å². The van der Waals surface area contributed by atoms with Crippen molar-refractivity contribution in [2.45, 2.75) is 24.8 Å². The molecule has 1 aliphatic heterocycles. The molecule has 5 heteroatoms. The largest absolute Gasteiger partial charge is 0.299 e. The molecule has 3 nitrogen and oxygen atoms in total. The van der Waals surface area contributed by atoms with Gasteiger partial charge in [-0.05, 0) is 36.2 Å². The highest BCUT2D eigenvalue weighted by atomic mass is 35.7. The van der Waals surface area contributed by atoms with Crippen molar-refractivity contribution in [3.05, 3.63) is 29.3 Å². The molecule has 88 valence electrons. The van der Waals surface area contributed by atoms with Crippen molar-refractivity contribution in [3.8, 4) is 0 Å². The number of fused-ring (bicyclic) bond motifs is 1. The van der Waals surface area contributed by atoms with E-state index in [1.165, 1.54) is 5.56 Å². The second-order valence-electron chi connectivity index (χ2n) is 3.99. The lowest BCUT2D eigenvalue weighted by molar-refractivity contribution is 0.268. The van der Waals surface area contributed by atoms with Gasteiger partial charge in [-0.1, -0.05) is 13.0 Å². The summed E-state index contributed by atoms with van der Waals surface area (Å²) in [5.74, 6) is 0. The Balaban J connectivity index is 2.35. The summed E-state index contributed by atoms with van der Waals surface area (Å²) in [6.07, 6.45) is 0.892. The lowest BCUT2D eigenvalue weighted by atomic mass is 10.00. The second-order valence-corrected chi connectivity index (χ2v) is 6.55. The third kappa shape index (κ3) is 2.39. The first kappa shape index (κ1) is 11.9. The Hall–Kier alpha value is -0.580. The van der Waals surface area contributed by atoms with Crippen LogP contribution in [0.2, 0.25) is 0 Å². The minimum Gasteiger partial charge on any atom is -0.299 e. The molecule has 1 aromatic carbocycles. The van der Waals surface area contributed by atoms with E-state index in [-0.39, 0.29) is 4.90 Å². The number of halogens is 1. The molecule has 0 radical (unpaired) electrons. The zero-order chi connectivity index (χ0) is 11.8. The smallest absolute Gasteiger partial charge is 0.261 e. The normalized spacial score (nSPS) is 17.1. The number of benzene rings is 1. The van der Waals surface area contributed by atoms with Crippen molar-refractivity contribution < 1.29 is 8.42 Å². The van der Waals surface area contributed by atoms with E-state index in [1.807, 2.05) is 6.07 Å². The molecule has 0 aliphatic carbocycles. The minimum atomic E-state index is -3.60. The van der Waals surface area contributed by atoms with Gasteiger partial charge < -0.3 is 0 Å². The molecule has 16 heavy (non-hydrogen) atoms. The van der Waals surface area contributed by atoms with Crippen molar-refractivity contribution in [1.82, 2.24) is 4.90 Å². The van der Waals surface area contributed by atoms with Crippen molar-refractivity contribution in [2.75, 3.05) is 13.1 Å². The average Bonchev–Trinajstić information content (AvgIpc) is 2.26. The van der Waals surface area contributed by atoms with Crippen LogP contribution < -0.4 is 0 Å². The number of nitrogens with zero attached hydrogens (tertiary/aromatic N) is 1. The molecule has 0 atom stereocenters. The molecular weight excluding hydrogens is 246 g/mol. The number of rotatable bonds is 2. The molecule has 2 rings (SSSR count). The molecule has 0 bridgehead atoms. The Morgan fingerprint density at radius 1 is 1.38 bits per heavy atom. The van der Waals surface area contributed by atoms with Crippen LogP contribution in [0.4, 0.5) is 0 Å². The van der Waals surface area contributed by atoms with Gasteiger partial charge in [0.2, 0.25) is 0 Å². The lowest BCUT2D eigenvalue weighted by Crippen LogP contribution is -2.30. The molecule has 0 amide bonds. The van der Waals surface area contributed by atoms with Crippen LogP contribution in [0, 0.1) is 0 Å². The minimum absolute atomic E-state index is 0.206. The SMILES string of the molecule is CCN1CCc2cc(S(=O)(=O)Cl)ccc2C1. The molecule has 0 unspecified atom stereocenters. The van der Waals surface area contributed by atoms with Gasteiger partial charge in [-0.2, -0.15) is 0 Å². The maximum absolute atomic E-state index is 11.2. The molecule has 0 saturated heterocycles. The molecule has 0 spiro atoms. The maximum atomic E-state index is 11.2. The van der Waals surface area contributed by atoms with E-state index in [2.05, 4.69) is 11.8 Å². The Kier molecular flexibility index (Phi) is 3.24. The van der Waals surface area contributed by atoms with E-state index in [4.69, 9.17) is 10.7 Å². The van der Waals surface area contributed by atoms with Crippen molar-refractivity contribution in [3.63, 3.8) is 0 Å². The number of hydrogen-bond donors (Lipinski definition) is 0. The van der Waals surface area contributed by atoms with E-state index in [0.717, 1.165) is 31.6 Å². The summed E-state index contributed by atoms with van der Waals surface area (Å²) < 4.78 is 22.4. The van der Waals surface area contributed by atoms with Gasteiger partial charge in [0.1, 0.15) is 0 Å². The first-order valence-electron chi connectivity index (χ1n) is 5.29. The summed E-state index contributed by atoms with van der Waals surface area (Å²) in [4.78, 5) is 2.54.